The summed E-state index contributed by atoms with van der Waals surface area (Å²) < 4.78 is 5.44. The summed E-state index contributed by atoms with van der Waals surface area (Å²) in [7, 11) is 0. The summed E-state index contributed by atoms with van der Waals surface area (Å²) >= 11 is 0. The van der Waals surface area contributed by atoms with Crippen molar-refractivity contribution in [1.29, 1.82) is 0 Å². The Morgan fingerprint density at radius 1 is 1.20 bits per heavy atom. The average molecular weight is 269 g/mol. The minimum atomic E-state index is 0.383. The van der Waals surface area contributed by atoms with Crippen LogP contribution in [0.3, 0.4) is 0 Å². The number of nitrogens with one attached hydrogen (secondary N) is 2. The maximum absolute atomic E-state index is 5.44. The van der Waals surface area contributed by atoms with Gasteiger partial charge >= 0.3 is 0 Å². The van der Waals surface area contributed by atoms with Crippen molar-refractivity contribution in [3.63, 3.8) is 0 Å². The third-order valence-electron chi connectivity index (χ3n) is 3.83. The zero-order valence-electron chi connectivity index (χ0n) is 11.0. The molecule has 0 radical (unpaired) electrons. The number of H-pyrrole nitrogens is 1. The highest BCUT2D eigenvalue weighted by Gasteiger charge is 2.21. The number of benzene rings is 1. The molecule has 1 fully saturated rings. The molecule has 0 bridgehead atoms. The molecule has 6 heteroatoms. The first-order valence-electron chi connectivity index (χ1n) is 6.88. The van der Waals surface area contributed by atoms with E-state index in [0.717, 1.165) is 48.3 Å². The Hall–Kier alpha value is -2.21. The Bertz CT molecular complexity index is 726. The molecule has 0 amide bonds. The van der Waals surface area contributed by atoms with Gasteiger partial charge in [-0.25, -0.2) is 0 Å². The molecule has 0 spiro atoms. The maximum atomic E-state index is 5.44. The predicted molar refractivity (Wildman–Crippen MR) is 74.2 cm³/mol. The van der Waals surface area contributed by atoms with Gasteiger partial charge in [-0.2, -0.15) is 10.1 Å². The van der Waals surface area contributed by atoms with Gasteiger partial charge in [0.2, 0.25) is 11.7 Å². The smallest absolute Gasteiger partial charge is 0.230 e. The van der Waals surface area contributed by atoms with Gasteiger partial charge in [-0.05, 0) is 32.0 Å². The van der Waals surface area contributed by atoms with E-state index in [-0.39, 0.29) is 0 Å². The van der Waals surface area contributed by atoms with Crippen LogP contribution in [0.1, 0.15) is 24.7 Å². The zero-order valence-corrected chi connectivity index (χ0v) is 11.0. The Labute approximate surface area is 115 Å². The average Bonchev–Trinajstić information content (AvgIpc) is 3.16. The van der Waals surface area contributed by atoms with Crippen molar-refractivity contribution in [1.82, 2.24) is 25.7 Å². The van der Waals surface area contributed by atoms with Gasteiger partial charge in [-0.15, -0.1) is 0 Å². The summed E-state index contributed by atoms with van der Waals surface area (Å²) in [6, 6.07) is 6.00. The fourth-order valence-corrected chi connectivity index (χ4v) is 2.66. The first kappa shape index (κ1) is 11.6. The molecule has 0 unspecified atom stereocenters. The lowest BCUT2D eigenvalue weighted by atomic mass is 9.98. The van der Waals surface area contributed by atoms with Crippen molar-refractivity contribution >= 4 is 10.9 Å². The van der Waals surface area contributed by atoms with E-state index < -0.39 is 0 Å². The molecule has 3 heterocycles. The van der Waals surface area contributed by atoms with E-state index in [1.807, 2.05) is 18.2 Å². The summed E-state index contributed by atoms with van der Waals surface area (Å²) in [5.41, 5.74) is 1.93. The highest BCUT2D eigenvalue weighted by molar-refractivity contribution is 5.82. The molecule has 20 heavy (non-hydrogen) atoms. The van der Waals surface area contributed by atoms with E-state index in [2.05, 4.69) is 25.7 Å². The molecule has 0 saturated carbocycles. The third kappa shape index (κ3) is 1.98. The third-order valence-corrected chi connectivity index (χ3v) is 3.83. The molecular weight excluding hydrogens is 254 g/mol. The van der Waals surface area contributed by atoms with Gasteiger partial charge < -0.3 is 9.84 Å². The molecule has 6 nitrogen and oxygen atoms in total. The molecule has 1 aliphatic heterocycles. The largest absolute Gasteiger partial charge is 0.339 e. The first-order valence-corrected chi connectivity index (χ1v) is 6.88. The number of nitrogens with zero attached hydrogens (tertiary/aromatic N) is 3. The first-order chi connectivity index (χ1) is 9.90. The van der Waals surface area contributed by atoms with E-state index in [1.165, 1.54) is 0 Å². The molecule has 1 aromatic carbocycles. The van der Waals surface area contributed by atoms with Crippen LogP contribution >= 0.6 is 0 Å². The monoisotopic (exact) mass is 269 g/mol. The minimum Gasteiger partial charge on any atom is -0.339 e. The van der Waals surface area contributed by atoms with Gasteiger partial charge in [0.25, 0.3) is 0 Å². The molecule has 1 aliphatic rings. The van der Waals surface area contributed by atoms with Crippen LogP contribution < -0.4 is 5.32 Å². The number of aromatic amines is 1. The van der Waals surface area contributed by atoms with Crippen LogP contribution in [0, 0.1) is 0 Å². The van der Waals surface area contributed by atoms with Crippen LogP contribution in [0.25, 0.3) is 22.3 Å². The van der Waals surface area contributed by atoms with Gasteiger partial charge in [0.15, 0.2) is 0 Å². The minimum absolute atomic E-state index is 0.383. The summed E-state index contributed by atoms with van der Waals surface area (Å²) in [5.74, 6) is 1.79. The van der Waals surface area contributed by atoms with Crippen molar-refractivity contribution in [2.45, 2.75) is 18.8 Å². The van der Waals surface area contributed by atoms with E-state index >= 15 is 0 Å². The predicted octanol–water partition coefficient (Wildman–Crippen LogP) is 2.08. The fourth-order valence-electron chi connectivity index (χ4n) is 2.66. The van der Waals surface area contributed by atoms with Crippen molar-refractivity contribution in [3.8, 4) is 11.4 Å². The van der Waals surface area contributed by atoms with E-state index in [0.29, 0.717) is 11.7 Å². The number of aromatic nitrogens is 4. The van der Waals surface area contributed by atoms with Crippen LogP contribution in [0.4, 0.5) is 0 Å². The topological polar surface area (TPSA) is 79.6 Å². The van der Waals surface area contributed by atoms with Crippen LogP contribution in [-0.2, 0) is 0 Å². The number of fused-ring (bicyclic) bond motifs is 1. The van der Waals surface area contributed by atoms with E-state index in [9.17, 15) is 0 Å². The van der Waals surface area contributed by atoms with Crippen molar-refractivity contribution in [2.24, 2.45) is 0 Å². The summed E-state index contributed by atoms with van der Waals surface area (Å²) in [6.07, 6.45) is 3.91. The van der Waals surface area contributed by atoms with Crippen LogP contribution in [0.15, 0.2) is 28.9 Å². The number of hydrogen-bond acceptors (Lipinski definition) is 5. The van der Waals surface area contributed by atoms with E-state index in [1.54, 1.807) is 6.20 Å². The molecule has 0 aliphatic carbocycles. The molecule has 0 atom stereocenters. The Kier molecular flexibility index (Phi) is 2.74. The van der Waals surface area contributed by atoms with Gasteiger partial charge in [-0.1, -0.05) is 17.3 Å². The number of rotatable bonds is 2. The maximum Gasteiger partial charge on any atom is 0.230 e. The lowest BCUT2D eigenvalue weighted by Gasteiger charge is -2.18. The van der Waals surface area contributed by atoms with Crippen LogP contribution in [-0.4, -0.2) is 33.4 Å². The summed E-state index contributed by atoms with van der Waals surface area (Å²) in [6.45, 7) is 2.03. The van der Waals surface area contributed by atoms with Crippen molar-refractivity contribution in [3.05, 3.63) is 30.3 Å². The summed E-state index contributed by atoms with van der Waals surface area (Å²) in [4.78, 5) is 4.56. The molecule has 1 saturated heterocycles. The van der Waals surface area contributed by atoms with Gasteiger partial charge in [0, 0.05) is 16.9 Å². The molecular formula is C14H15N5O. The SMILES string of the molecule is c1cc2cn[nH]c2cc1-c1noc(C2CCNCC2)n1. The number of hydrogen-bond donors (Lipinski definition) is 2. The normalized spacial score (nSPS) is 16.8. The second-order valence-electron chi connectivity index (χ2n) is 5.15. The van der Waals surface area contributed by atoms with Gasteiger partial charge in [0.05, 0.1) is 11.7 Å². The van der Waals surface area contributed by atoms with Crippen molar-refractivity contribution in [2.75, 3.05) is 13.1 Å². The second-order valence-corrected chi connectivity index (χ2v) is 5.15. The Morgan fingerprint density at radius 3 is 3.00 bits per heavy atom. The molecule has 2 aromatic heterocycles. The number of piperidine rings is 1. The van der Waals surface area contributed by atoms with Crippen LogP contribution in [0.2, 0.25) is 0 Å². The fraction of sp³-hybridized carbons (Fsp3) is 0.357. The quantitative estimate of drug-likeness (QED) is 0.744. The molecule has 2 N–H and O–H groups in total. The highest BCUT2D eigenvalue weighted by Crippen LogP contribution is 2.27. The lowest BCUT2D eigenvalue weighted by molar-refractivity contribution is 0.320. The Morgan fingerprint density at radius 2 is 2.10 bits per heavy atom. The Balaban J connectivity index is 1.66. The van der Waals surface area contributed by atoms with E-state index in [4.69, 9.17) is 4.52 Å². The van der Waals surface area contributed by atoms with Crippen molar-refractivity contribution < 1.29 is 4.52 Å². The molecule has 4 rings (SSSR count). The molecule has 3 aromatic rings. The van der Waals surface area contributed by atoms with Gasteiger partial charge in [0.1, 0.15) is 0 Å². The zero-order chi connectivity index (χ0) is 13.4. The van der Waals surface area contributed by atoms with Crippen LogP contribution in [0.5, 0.6) is 0 Å². The highest BCUT2D eigenvalue weighted by atomic mass is 16.5. The van der Waals surface area contributed by atoms with Gasteiger partial charge in [-0.3, -0.25) is 5.10 Å². The lowest BCUT2D eigenvalue weighted by Crippen LogP contribution is -2.26. The standard InChI is InChI=1S/C14H15N5O/c1-2-11-8-16-18-12(11)7-10(1)13-17-14(20-19-13)9-3-5-15-6-4-9/h1-2,7-9,15H,3-6H2,(H,16,18). The second kappa shape index (κ2) is 4.72. The summed E-state index contributed by atoms with van der Waals surface area (Å²) in [5, 5.41) is 15.5. The molecule has 102 valence electrons.